The molecule has 0 saturated carbocycles. The molecule has 0 aliphatic carbocycles. The third-order valence-electron chi connectivity index (χ3n) is 5.54. The fraction of sp³-hybridized carbons (Fsp3) is 0.0714. The van der Waals surface area contributed by atoms with Crippen LogP contribution in [0.15, 0.2) is 83.6 Å². The van der Waals surface area contributed by atoms with Gasteiger partial charge in [0.1, 0.15) is 10.8 Å². The van der Waals surface area contributed by atoms with E-state index in [1.54, 1.807) is 53.9 Å². The highest BCUT2D eigenvalue weighted by atomic mass is 32.1. The largest absolute Gasteiger partial charge is 0.573 e. The monoisotopic (exact) mass is 580 g/mol. The van der Waals surface area contributed by atoms with Gasteiger partial charge in [-0.25, -0.2) is 9.97 Å². The molecule has 0 radical (unpaired) electrons. The van der Waals surface area contributed by atoms with Crippen molar-refractivity contribution in [1.29, 1.82) is 0 Å². The van der Waals surface area contributed by atoms with E-state index in [0.29, 0.717) is 38.2 Å². The first-order valence-electron chi connectivity index (χ1n) is 11.7. The minimum atomic E-state index is -4.75. The van der Waals surface area contributed by atoms with Crippen molar-refractivity contribution in [2.75, 3.05) is 10.6 Å². The summed E-state index contributed by atoms with van der Waals surface area (Å²) in [5.74, 6) is -1.08. The summed E-state index contributed by atoms with van der Waals surface area (Å²) in [5.41, 5.74) is 3.85. The molecule has 202 valence electrons. The van der Waals surface area contributed by atoms with Crippen molar-refractivity contribution in [3.8, 4) is 27.6 Å². The Bertz CT molecular complexity index is 1660. The molecule has 0 aliphatic rings. The zero-order chi connectivity index (χ0) is 28.3. The molecular formula is C28H19F3N4O3S2. The SMILES string of the molecule is Cc1csc(NC(=O)c2ccccc2NC(=O)c2ccc(-c3nc(-c4ccc(OC(F)(F)F)cc4)cs3)cc2)n1. The molecule has 0 bridgehead atoms. The zero-order valence-electron chi connectivity index (χ0n) is 20.7. The van der Waals surface area contributed by atoms with Crippen LogP contribution < -0.4 is 15.4 Å². The van der Waals surface area contributed by atoms with Gasteiger partial charge in [0, 0.05) is 27.5 Å². The van der Waals surface area contributed by atoms with Crippen LogP contribution in [0.25, 0.3) is 21.8 Å². The van der Waals surface area contributed by atoms with E-state index < -0.39 is 12.3 Å². The molecule has 0 saturated heterocycles. The van der Waals surface area contributed by atoms with E-state index in [2.05, 4.69) is 25.3 Å². The van der Waals surface area contributed by atoms with Crippen LogP contribution in [0.4, 0.5) is 24.0 Å². The number of nitrogens with one attached hydrogen (secondary N) is 2. The van der Waals surface area contributed by atoms with Crippen LogP contribution in [0.3, 0.4) is 0 Å². The number of amides is 2. The third kappa shape index (κ3) is 6.53. The second kappa shape index (κ2) is 11.3. The van der Waals surface area contributed by atoms with E-state index in [-0.39, 0.29) is 11.7 Å². The number of halogens is 3. The van der Waals surface area contributed by atoms with Gasteiger partial charge in [-0.3, -0.25) is 14.9 Å². The van der Waals surface area contributed by atoms with Crippen molar-refractivity contribution < 1.29 is 27.5 Å². The average molecular weight is 581 g/mol. The standard InChI is InChI=1S/C28H19F3N4O3S2/c1-16-14-40-27(32-16)35-25(37)21-4-2-3-5-22(21)33-24(36)18-6-8-19(9-7-18)26-34-23(15-39-26)17-10-12-20(13-11-17)38-28(29,30)31/h2-15H,1H3,(H,33,36)(H,32,35,37). The highest BCUT2D eigenvalue weighted by Gasteiger charge is 2.31. The van der Waals surface area contributed by atoms with E-state index in [1.807, 2.05) is 12.3 Å². The Morgan fingerprint density at radius 1 is 0.800 bits per heavy atom. The molecule has 40 heavy (non-hydrogen) atoms. The number of carbonyl (C=O) groups excluding carboxylic acids is 2. The minimum absolute atomic E-state index is 0.300. The van der Waals surface area contributed by atoms with Gasteiger partial charge < -0.3 is 10.1 Å². The van der Waals surface area contributed by atoms with Gasteiger partial charge in [-0.15, -0.1) is 35.8 Å². The number of aryl methyl sites for hydroxylation is 1. The molecule has 2 amide bonds. The van der Waals surface area contributed by atoms with E-state index >= 15 is 0 Å². The Labute approximate surface area is 234 Å². The van der Waals surface area contributed by atoms with Crippen LogP contribution in [0, 0.1) is 6.92 Å². The molecule has 0 fully saturated rings. The molecule has 12 heteroatoms. The molecule has 0 aliphatic heterocycles. The lowest BCUT2D eigenvalue weighted by Crippen LogP contribution is -2.18. The predicted molar refractivity (Wildman–Crippen MR) is 149 cm³/mol. The Kier molecular flexibility index (Phi) is 7.63. The Morgan fingerprint density at radius 3 is 2.17 bits per heavy atom. The van der Waals surface area contributed by atoms with E-state index in [0.717, 1.165) is 11.3 Å². The highest BCUT2D eigenvalue weighted by Crippen LogP contribution is 2.31. The maximum atomic E-state index is 13.0. The van der Waals surface area contributed by atoms with Crippen molar-refractivity contribution in [2.45, 2.75) is 13.3 Å². The molecule has 2 N–H and O–H groups in total. The van der Waals surface area contributed by atoms with Gasteiger partial charge in [0.05, 0.1) is 22.6 Å². The number of rotatable bonds is 7. The van der Waals surface area contributed by atoms with Crippen LogP contribution in [0.1, 0.15) is 26.4 Å². The Hall–Kier alpha value is -4.55. The highest BCUT2D eigenvalue weighted by molar-refractivity contribution is 7.14. The third-order valence-corrected chi connectivity index (χ3v) is 7.31. The van der Waals surface area contributed by atoms with Crippen LogP contribution in [0.2, 0.25) is 0 Å². The fourth-order valence-corrected chi connectivity index (χ4v) is 5.21. The van der Waals surface area contributed by atoms with Gasteiger partial charge in [-0.05, 0) is 55.5 Å². The summed E-state index contributed by atoms with van der Waals surface area (Å²) in [7, 11) is 0. The molecule has 5 aromatic rings. The smallest absolute Gasteiger partial charge is 0.406 e. The van der Waals surface area contributed by atoms with Gasteiger partial charge >= 0.3 is 6.36 Å². The van der Waals surface area contributed by atoms with Gasteiger partial charge in [0.25, 0.3) is 11.8 Å². The first-order valence-corrected chi connectivity index (χ1v) is 13.5. The molecule has 5 rings (SSSR count). The molecule has 2 aromatic heterocycles. The number of thiazole rings is 2. The van der Waals surface area contributed by atoms with Crippen LogP contribution in [-0.4, -0.2) is 28.1 Å². The minimum Gasteiger partial charge on any atom is -0.406 e. The number of nitrogens with zero attached hydrogens (tertiary/aromatic N) is 2. The molecule has 2 heterocycles. The van der Waals surface area contributed by atoms with Crippen molar-refractivity contribution in [3.63, 3.8) is 0 Å². The van der Waals surface area contributed by atoms with E-state index in [9.17, 15) is 22.8 Å². The number of ether oxygens (including phenoxy) is 1. The van der Waals surface area contributed by atoms with Crippen LogP contribution >= 0.6 is 22.7 Å². The first kappa shape index (κ1) is 27.0. The lowest BCUT2D eigenvalue weighted by Gasteiger charge is -2.11. The number of benzene rings is 3. The summed E-state index contributed by atoms with van der Waals surface area (Å²) in [5, 5.41) is 10.3. The summed E-state index contributed by atoms with van der Waals surface area (Å²) < 4.78 is 41.1. The summed E-state index contributed by atoms with van der Waals surface area (Å²) >= 11 is 2.68. The van der Waals surface area contributed by atoms with Crippen molar-refractivity contribution in [1.82, 2.24) is 9.97 Å². The van der Waals surface area contributed by atoms with Crippen LogP contribution in [-0.2, 0) is 0 Å². The number of anilines is 2. The number of hydrogen-bond donors (Lipinski definition) is 2. The molecule has 3 aromatic carbocycles. The van der Waals surface area contributed by atoms with Crippen molar-refractivity contribution >= 4 is 45.3 Å². The number of hydrogen-bond acceptors (Lipinski definition) is 7. The van der Waals surface area contributed by atoms with Gasteiger partial charge in [0.15, 0.2) is 5.13 Å². The second-order valence-corrected chi connectivity index (χ2v) is 10.2. The topological polar surface area (TPSA) is 93.2 Å². The number of aromatic nitrogens is 2. The van der Waals surface area contributed by atoms with Gasteiger partial charge in [0.2, 0.25) is 0 Å². The average Bonchev–Trinajstić information content (AvgIpc) is 3.58. The summed E-state index contributed by atoms with van der Waals surface area (Å²) in [6, 6.07) is 19.0. The predicted octanol–water partition coefficient (Wildman–Crippen LogP) is 7.65. The second-order valence-electron chi connectivity index (χ2n) is 8.44. The number of carbonyl (C=O) groups is 2. The lowest BCUT2D eigenvalue weighted by atomic mass is 10.1. The van der Waals surface area contributed by atoms with Crippen molar-refractivity contribution in [3.05, 3.63) is 100 Å². The fourth-order valence-electron chi connectivity index (χ4n) is 3.69. The number of para-hydroxylation sites is 1. The van der Waals surface area contributed by atoms with Crippen molar-refractivity contribution in [2.24, 2.45) is 0 Å². The van der Waals surface area contributed by atoms with E-state index in [1.165, 1.54) is 46.9 Å². The Balaban J connectivity index is 1.26. The maximum absolute atomic E-state index is 13.0. The summed E-state index contributed by atoms with van der Waals surface area (Å²) in [6.45, 7) is 1.83. The van der Waals surface area contributed by atoms with Gasteiger partial charge in [-0.2, -0.15) is 0 Å². The Morgan fingerprint density at radius 2 is 1.50 bits per heavy atom. The maximum Gasteiger partial charge on any atom is 0.573 e. The molecule has 0 spiro atoms. The normalized spacial score (nSPS) is 11.2. The van der Waals surface area contributed by atoms with Crippen LogP contribution in [0.5, 0.6) is 5.75 Å². The quantitative estimate of drug-likeness (QED) is 0.206. The molecule has 0 unspecified atom stereocenters. The molecular weight excluding hydrogens is 561 g/mol. The zero-order valence-corrected chi connectivity index (χ0v) is 22.3. The first-order chi connectivity index (χ1) is 19.1. The molecule has 0 atom stereocenters. The summed E-state index contributed by atoms with van der Waals surface area (Å²) in [6.07, 6.45) is -4.75. The number of alkyl halides is 3. The lowest BCUT2D eigenvalue weighted by molar-refractivity contribution is -0.274. The van der Waals surface area contributed by atoms with Gasteiger partial charge in [-0.1, -0.05) is 24.3 Å². The molecule has 7 nitrogen and oxygen atoms in total. The summed E-state index contributed by atoms with van der Waals surface area (Å²) in [4.78, 5) is 34.5. The van der Waals surface area contributed by atoms with E-state index in [4.69, 9.17) is 0 Å².